The average Bonchev–Trinajstić information content (AvgIpc) is 2.85. The lowest BCUT2D eigenvalue weighted by Gasteiger charge is -2.19. The molecule has 3 aromatic carbocycles. The van der Waals surface area contributed by atoms with Crippen LogP contribution in [0.3, 0.4) is 0 Å². The SMILES string of the molecule is C=C1c2cc(C(N)=O)ccc2C(=O)N1c1cccc2ccccc12. The Morgan fingerprint density at radius 2 is 1.71 bits per heavy atom. The Morgan fingerprint density at radius 1 is 0.958 bits per heavy atom. The van der Waals surface area contributed by atoms with Gasteiger partial charge in [0.05, 0.1) is 11.4 Å². The molecule has 2 amide bonds. The van der Waals surface area contributed by atoms with Crippen LogP contribution in [0.2, 0.25) is 0 Å². The number of hydrogen-bond donors (Lipinski definition) is 1. The molecule has 24 heavy (non-hydrogen) atoms. The predicted molar refractivity (Wildman–Crippen MR) is 94.8 cm³/mol. The van der Waals surface area contributed by atoms with E-state index in [1.165, 1.54) is 0 Å². The summed E-state index contributed by atoms with van der Waals surface area (Å²) in [4.78, 5) is 25.9. The molecule has 116 valence electrons. The van der Waals surface area contributed by atoms with Gasteiger partial charge in [0.15, 0.2) is 0 Å². The second-order valence-electron chi connectivity index (χ2n) is 5.71. The first-order valence-electron chi connectivity index (χ1n) is 7.53. The number of primary amides is 1. The molecule has 0 radical (unpaired) electrons. The highest BCUT2D eigenvalue weighted by Crippen LogP contribution is 2.39. The van der Waals surface area contributed by atoms with Gasteiger partial charge in [0.25, 0.3) is 5.91 Å². The molecule has 4 rings (SSSR count). The highest BCUT2D eigenvalue weighted by molar-refractivity contribution is 6.24. The lowest BCUT2D eigenvalue weighted by Crippen LogP contribution is -2.22. The number of nitrogens with zero attached hydrogens (tertiary/aromatic N) is 1. The molecular weight excluding hydrogens is 300 g/mol. The first kappa shape index (κ1) is 14.2. The van der Waals surface area contributed by atoms with E-state index in [9.17, 15) is 9.59 Å². The van der Waals surface area contributed by atoms with Crippen LogP contribution in [-0.2, 0) is 0 Å². The van der Waals surface area contributed by atoms with Gasteiger partial charge in [-0.05, 0) is 29.7 Å². The van der Waals surface area contributed by atoms with Crippen LogP contribution in [-0.4, -0.2) is 11.8 Å². The van der Waals surface area contributed by atoms with Crippen LogP contribution in [0.15, 0.2) is 67.2 Å². The van der Waals surface area contributed by atoms with Crippen LogP contribution in [0.5, 0.6) is 0 Å². The van der Waals surface area contributed by atoms with Crippen LogP contribution >= 0.6 is 0 Å². The van der Waals surface area contributed by atoms with Crippen molar-refractivity contribution in [2.75, 3.05) is 4.90 Å². The lowest BCUT2D eigenvalue weighted by molar-refractivity contribution is 0.0992. The molecule has 0 saturated heterocycles. The molecule has 0 fully saturated rings. The molecule has 1 aliphatic rings. The number of benzene rings is 3. The fourth-order valence-electron chi connectivity index (χ4n) is 3.14. The summed E-state index contributed by atoms with van der Waals surface area (Å²) < 4.78 is 0. The maximum absolute atomic E-state index is 12.9. The largest absolute Gasteiger partial charge is 0.366 e. The normalized spacial score (nSPS) is 13.4. The summed E-state index contributed by atoms with van der Waals surface area (Å²) in [6.07, 6.45) is 0. The molecule has 0 aliphatic carbocycles. The lowest BCUT2D eigenvalue weighted by atomic mass is 10.0. The van der Waals surface area contributed by atoms with E-state index in [2.05, 4.69) is 6.58 Å². The van der Waals surface area contributed by atoms with E-state index >= 15 is 0 Å². The van der Waals surface area contributed by atoms with Crippen molar-refractivity contribution in [2.45, 2.75) is 0 Å². The zero-order valence-electron chi connectivity index (χ0n) is 12.8. The van der Waals surface area contributed by atoms with Gasteiger partial charge in [-0.3, -0.25) is 14.5 Å². The number of amides is 2. The van der Waals surface area contributed by atoms with Crippen molar-refractivity contribution in [3.8, 4) is 0 Å². The minimum Gasteiger partial charge on any atom is -0.366 e. The molecule has 0 aromatic heterocycles. The van der Waals surface area contributed by atoms with E-state index in [1.807, 2.05) is 42.5 Å². The number of rotatable bonds is 2. The maximum Gasteiger partial charge on any atom is 0.263 e. The summed E-state index contributed by atoms with van der Waals surface area (Å²) in [5.41, 5.74) is 8.20. The second kappa shape index (κ2) is 5.06. The molecular formula is C20H14N2O2. The summed E-state index contributed by atoms with van der Waals surface area (Å²) in [6, 6.07) is 18.5. The van der Waals surface area contributed by atoms with Crippen LogP contribution < -0.4 is 10.6 Å². The van der Waals surface area contributed by atoms with Crippen molar-refractivity contribution >= 4 is 34.0 Å². The molecule has 0 unspecified atom stereocenters. The quantitative estimate of drug-likeness (QED) is 0.786. The molecule has 0 spiro atoms. The standard InChI is InChI=1S/C20H14N2O2/c1-12-17-11-14(19(21)23)9-10-16(17)20(24)22(12)18-8-4-6-13-5-2-3-7-15(13)18/h2-11H,1H2,(H2,21,23). The van der Waals surface area contributed by atoms with E-state index in [1.54, 1.807) is 23.1 Å². The van der Waals surface area contributed by atoms with Gasteiger partial charge in [0.1, 0.15) is 0 Å². The number of fused-ring (bicyclic) bond motifs is 2. The van der Waals surface area contributed by atoms with E-state index in [0.29, 0.717) is 22.4 Å². The molecule has 3 aromatic rings. The number of carbonyl (C=O) groups is 2. The fourth-order valence-corrected chi connectivity index (χ4v) is 3.14. The number of hydrogen-bond acceptors (Lipinski definition) is 2. The maximum atomic E-state index is 12.9. The third-order valence-electron chi connectivity index (χ3n) is 4.33. The smallest absolute Gasteiger partial charge is 0.263 e. The predicted octanol–water partition coefficient (Wildman–Crippen LogP) is 3.57. The number of anilines is 1. The Balaban J connectivity index is 1.90. The first-order chi connectivity index (χ1) is 11.6. The molecule has 2 N–H and O–H groups in total. The Labute approximate surface area is 138 Å². The summed E-state index contributed by atoms with van der Waals surface area (Å²) in [6.45, 7) is 4.06. The van der Waals surface area contributed by atoms with Gasteiger partial charge in [-0.2, -0.15) is 0 Å². The third-order valence-corrected chi connectivity index (χ3v) is 4.33. The molecule has 0 saturated carbocycles. The van der Waals surface area contributed by atoms with Crippen molar-refractivity contribution < 1.29 is 9.59 Å². The second-order valence-corrected chi connectivity index (χ2v) is 5.71. The minimum atomic E-state index is -0.526. The van der Waals surface area contributed by atoms with E-state index < -0.39 is 5.91 Å². The van der Waals surface area contributed by atoms with Gasteiger partial charge in [-0.1, -0.05) is 43.0 Å². The topological polar surface area (TPSA) is 63.4 Å². The average molecular weight is 314 g/mol. The van der Waals surface area contributed by atoms with Gasteiger partial charge in [-0.15, -0.1) is 0 Å². The van der Waals surface area contributed by atoms with Crippen LogP contribution in [0, 0.1) is 0 Å². The summed E-state index contributed by atoms with van der Waals surface area (Å²) in [5.74, 6) is -0.677. The van der Waals surface area contributed by atoms with Crippen molar-refractivity contribution in [1.29, 1.82) is 0 Å². The van der Waals surface area contributed by atoms with E-state index in [-0.39, 0.29) is 5.91 Å². The van der Waals surface area contributed by atoms with Crippen LogP contribution in [0.25, 0.3) is 16.5 Å². The first-order valence-corrected chi connectivity index (χ1v) is 7.53. The highest BCUT2D eigenvalue weighted by atomic mass is 16.2. The molecule has 1 aliphatic heterocycles. The molecule has 0 bridgehead atoms. The zero-order valence-corrected chi connectivity index (χ0v) is 12.8. The van der Waals surface area contributed by atoms with Gasteiger partial charge < -0.3 is 5.73 Å². The van der Waals surface area contributed by atoms with E-state index in [4.69, 9.17) is 5.73 Å². The Kier molecular flexibility index (Phi) is 3.00. The Hall–Kier alpha value is -3.40. The number of carbonyl (C=O) groups excluding carboxylic acids is 2. The third kappa shape index (κ3) is 1.93. The fraction of sp³-hybridized carbons (Fsp3) is 0. The van der Waals surface area contributed by atoms with Crippen LogP contribution in [0.1, 0.15) is 26.3 Å². The summed E-state index contributed by atoms with van der Waals surface area (Å²) in [5, 5.41) is 2.02. The molecule has 0 atom stereocenters. The van der Waals surface area contributed by atoms with Crippen molar-refractivity contribution in [3.05, 3.63) is 83.9 Å². The van der Waals surface area contributed by atoms with Gasteiger partial charge in [0.2, 0.25) is 5.91 Å². The number of nitrogens with two attached hydrogens (primary N) is 1. The molecule has 4 nitrogen and oxygen atoms in total. The van der Waals surface area contributed by atoms with Gasteiger partial charge >= 0.3 is 0 Å². The minimum absolute atomic E-state index is 0.151. The van der Waals surface area contributed by atoms with Gasteiger partial charge in [-0.25, -0.2) is 0 Å². The Bertz CT molecular complexity index is 1030. The Morgan fingerprint density at radius 3 is 2.50 bits per heavy atom. The van der Waals surface area contributed by atoms with Crippen molar-refractivity contribution in [3.63, 3.8) is 0 Å². The highest BCUT2D eigenvalue weighted by Gasteiger charge is 2.33. The zero-order chi connectivity index (χ0) is 16.8. The summed E-state index contributed by atoms with van der Waals surface area (Å²) in [7, 11) is 0. The molecule has 4 heteroatoms. The van der Waals surface area contributed by atoms with Gasteiger partial charge in [0, 0.05) is 22.1 Å². The monoisotopic (exact) mass is 314 g/mol. The summed E-state index contributed by atoms with van der Waals surface area (Å²) >= 11 is 0. The van der Waals surface area contributed by atoms with E-state index in [0.717, 1.165) is 16.5 Å². The molecule has 1 heterocycles. The van der Waals surface area contributed by atoms with Crippen molar-refractivity contribution in [1.82, 2.24) is 0 Å². The van der Waals surface area contributed by atoms with Crippen molar-refractivity contribution in [2.24, 2.45) is 5.73 Å². The van der Waals surface area contributed by atoms with Crippen LogP contribution in [0.4, 0.5) is 5.69 Å².